The van der Waals surface area contributed by atoms with Crippen LogP contribution in [0.1, 0.15) is 0 Å². The molecule has 1 unspecified atom stereocenters. The zero-order valence-corrected chi connectivity index (χ0v) is 12.1. The topological polar surface area (TPSA) is 82.1 Å². The lowest BCUT2D eigenvalue weighted by Crippen LogP contribution is -2.66. The van der Waals surface area contributed by atoms with Gasteiger partial charge in [-0.15, -0.1) is 0 Å². The quantitative estimate of drug-likeness (QED) is 0.253. The van der Waals surface area contributed by atoms with Gasteiger partial charge in [0.2, 0.25) is 6.10 Å². The van der Waals surface area contributed by atoms with Crippen LogP contribution in [0.2, 0.25) is 0 Å². The third kappa shape index (κ3) is 2.93. The largest absolute Gasteiger partial charge is 0.497 e. The van der Waals surface area contributed by atoms with Crippen molar-refractivity contribution >= 4 is 23.9 Å². The predicted molar refractivity (Wildman–Crippen MR) is 76.4 cm³/mol. The van der Waals surface area contributed by atoms with Crippen LogP contribution in [0.25, 0.3) is 0 Å². The number of benzene rings is 1. The molecular weight excluding hydrogens is 290 g/mol. The van der Waals surface area contributed by atoms with Gasteiger partial charge >= 0.3 is 5.97 Å². The van der Waals surface area contributed by atoms with E-state index in [2.05, 4.69) is 4.74 Å². The van der Waals surface area contributed by atoms with E-state index in [0.717, 1.165) is 12.3 Å². The summed E-state index contributed by atoms with van der Waals surface area (Å²) in [6, 6.07) is 5.98. The van der Waals surface area contributed by atoms with Gasteiger partial charge in [0, 0.05) is 5.69 Å². The molecule has 1 heterocycles. The van der Waals surface area contributed by atoms with E-state index < -0.39 is 18.1 Å². The van der Waals surface area contributed by atoms with Crippen molar-refractivity contribution in [2.45, 2.75) is 12.1 Å². The summed E-state index contributed by atoms with van der Waals surface area (Å²) in [5.74, 6) is -0.327. The average molecular weight is 305 g/mol. The van der Waals surface area contributed by atoms with Crippen molar-refractivity contribution in [3.63, 3.8) is 0 Å². The second-order valence-electron chi connectivity index (χ2n) is 4.42. The van der Waals surface area contributed by atoms with Crippen molar-refractivity contribution in [1.82, 2.24) is 0 Å². The first-order valence-electron chi connectivity index (χ1n) is 6.44. The number of anilines is 1. The van der Waals surface area contributed by atoms with E-state index in [1.165, 1.54) is 19.1 Å². The minimum atomic E-state index is -0.944. The third-order valence-corrected chi connectivity index (χ3v) is 3.21. The van der Waals surface area contributed by atoms with Crippen LogP contribution in [0.15, 0.2) is 36.6 Å². The number of esters is 1. The number of nitrogens with zero attached hydrogens (tertiary/aromatic N) is 1. The number of carbonyl (C=O) groups excluding carboxylic acids is 3. The summed E-state index contributed by atoms with van der Waals surface area (Å²) < 4.78 is 14.6. The van der Waals surface area contributed by atoms with Crippen LogP contribution >= 0.6 is 0 Å². The SMILES string of the molecule is COC(=O)/C=C/OC1C(=O)N(c2ccc(OC)cc2)[C@H]1C=O. The summed E-state index contributed by atoms with van der Waals surface area (Å²) in [6.45, 7) is 0. The van der Waals surface area contributed by atoms with E-state index >= 15 is 0 Å². The highest BCUT2D eigenvalue weighted by Crippen LogP contribution is 2.30. The van der Waals surface area contributed by atoms with Gasteiger partial charge in [-0.25, -0.2) is 4.79 Å². The highest BCUT2D eigenvalue weighted by atomic mass is 16.5. The van der Waals surface area contributed by atoms with Crippen molar-refractivity contribution in [3.05, 3.63) is 36.6 Å². The molecule has 0 aromatic heterocycles. The maximum absolute atomic E-state index is 12.1. The number of methoxy groups -OCH3 is 2. The summed E-state index contributed by atoms with van der Waals surface area (Å²) in [6.07, 6.45) is 1.77. The van der Waals surface area contributed by atoms with Gasteiger partial charge in [-0.3, -0.25) is 9.69 Å². The number of hydrogen-bond acceptors (Lipinski definition) is 6. The van der Waals surface area contributed by atoms with E-state index in [4.69, 9.17) is 9.47 Å². The van der Waals surface area contributed by atoms with Crippen molar-refractivity contribution in [2.24, 2.45) is 0 Å². The molecule has 22 heavy (non-hydrogen) atoms. The highest BCUT2D eigenvalue weighted by Gasteiger charge is 2.49. The maximum atomic E-state index is 12.1. The molecule has 2 rings (SSSR count). The van der Waals surface area contributed by atoms with Crippen LogP contribution in [-0.2, 0) is 23.9 Å². The Morgan fingerprint density at radius 2 is 1.91 bits per heavy atom. The molecule has 1 amide bonds. The van der Waals surface area contributed by atoms with Crippen molar-refractivity contribution in [3.8, 4) is 5.75 Å². The van der Waals surface area contributed by atoms with E-state index in [1.807, 2.05) is 0 Å². The molecule has 1 aliphatic heterocycles. The Balaban J connectivity index is 2.06. The molecule has 0 bridgehead atoms. The zero-order valence-electron chi connectivity index (χ0n) is 12.1. The highest BCUT2D eigenvalue weighted by molar-refractivity contribution is 6.10. The number of rotatable bonds is 6. The number of hydrogen-bond donors (Lipinski definition) is 0. The standard InChI is InChI=1S/C15H15NO6/c1-20-11-5-3-10(4-6-11)16-12(9-17)14(15(16)19)22-8-7-13(18)21-2/h3-9,12,14H,1-2H3/b8-7+/t12-,14?/m0/s1. The van der Waals surface area contributed by atoms with Gasteiger partial charge in [-0.1, -0.05) is 0 Å². The van der Waals surface area contributed by atoms with Crippen LogP contribution in [0, 0.1) is 0 Å². The molecule has 1 aliphatic rings. The number of ether oxygens (including phenoxy) is 3. The van der Waals surface area contributed by atoms with Gasteiger partial charge < -0.3 is 19.0 Å². The van der Waals surface area contributed by atoms with Crippen molar-refractivity contribution < 1.29 is 28.6 Å². The lowest BCUT2D eigenvalue weighted by molar-refractivity contribution is -0.141. The van der Waals surface area contributed by atoms with Gasteiger partial charge in [-0.2, -0.15) is 0 Å². The van der Waals surface area contributed by atoms with Gasteiger partial charge in [0.1, 0.15) is 18.1 Å². The van der Waals surface area contributed by atoms with Gasteiger partial charge in [0.15, 0.2) is 0 Å². The number of carbonyl (C=O) groups is 3. The molecule has 7 heteroatoms. The molecule has 1 saturated heterocycles. The average Bonchev–Trinajstić information content (AvgIpc) is 2.56. The maximum Gasteiger partial charge on any atom is 0.333 e. The molecule has 0 saturated carbocycles. The number of aldehydes is 1. The molecule has 0 radical (unpaired) electrons. The van der Waals surface area contributed by atoms with Gasteiger partial charge in [-0.05, 0) is 24.3 Å². The Kier molecular flexibility index (Phi) is 4.77. The van der Waals surface area contributed by atoms with E-state index in [1.54, 1.807) is 24.3 Å². The first-order valence-corrected chi connectivity index (χ1v) is 6.44. The second-order valence-corrected chi connectivity index (χ2v) is 4.42. The summed E-state index contributed by atoms with van der Waals surface area (Å²) >= 11 is 0. The minimum Gasteiger partial charge on any atom is -0.497 e. The molecule has 0 N–H and O–H groups in total. The smallest absolute Gasteiger partial charge is 0.333 e. The zero-order chi connectivity index (χ0) is 16.1. The second kappa shape index (κ2) is 6.75. The molecule has 7 nitrogen and oxygen atoms in total. The lowest BCUT2D eigenvalue weighted by Gasteiger charge is -2.42. The summed E-state index contributed by atoms with van der Waals surface area (Å²) in [5.41, 5.74) is 0.569. The molecule has 116 valence electrons. The van der Waals surface area contributed by atoms with Gasteiger partial charge in [0.25, 0.3) is 5.91 Å². The third-order valence-electron chi connectivity index (χ3n) is 3.21. The first-order chi connectivity index (χ1) is 10.6. The Hall–Kier alpha value is -2.83. The molecule has 0 spiro atoms. The van der Waals surface area contributed by atoms with E-state index in [9.17, 15) is 14.4 Å². The first kappa shape index (κ1) is 15.6. The predicted octanol–water partition coefficient (Wildman–Crippen LogP) is 0.681. The summed E-state index contributed by atoms with van der Waals surface area (Å²) in [4.78, 5) is 35.5. The van der Waals surface area contributed by atoms with Crippen LogP contribution in [0.5, 0.6) is 5.75 Å². The summed E-state index contributed by atoms with van der Waals surface area (Å²) in [7, 11) is 2.76. The van der Waals surface area contributed by atoms with Crippen molar-refractivity contribution in [1.29, 1.82) is 0 Å². The molecule has 1 aromatic carbocycles. The fourth-order valence-corrected chi connectivity index (χ4v) is 2.04. The lowest BCUT2D eigenvalue weighted by atomic mass is 9.98. The van der Waals surface area contributed by atoms with Crippen LogP contribution in [0.3, 0.4) is 0 Å². The molecule has 2 atom stereocenters. The fourth-order valence-electron chi connectivity index (χ4n) is 2.04. The molecule has 0 aliphatic carbocycles. The molecular formula is C15H15NO6. The van der Waals surface area contributed by atoms with Crippen LogP contribution in [-0.4, -0.2) is 44.5 Å². The Labute approximate surface area is 127 Å². The normalized spacial score (nSPS) is 20.5. The number of amides is 1. The Bertz CT molecular complexity index is 595. The fraction of sp³-hybridized carbons (Fsp3) is 0.267. The van der Waals surface area contributed by atoms with Gasteiger partial charge in [0.05, 0.1) is 26.6 Å². The number of β-lactam (4-membered cyclic amide) rings is 1. The van der Waals surface area contributed by atoms with Crippen LogP contribution < -0.4 is 9.64 Å². The summed E-state index contributed by atoms with van der Waals surface area (Å²) in [5, 5.41) is 0. The molecule has 1 fully saturated rings. The Morgan fingerprint density at radius 3 is 2.45 bits per heavy atom. The minimum absolute atomic E-state index is 0.364. The molecule has 1 aromatic rings. The van der Waals surface area contributed by atoms with Crippen molar-refractivity contribution in [2.75, 3.05) is 19.1 Å². The Morgan fingerprint density at radius 1 is 1.23 bits per heavy atom. The van der Waals surface area contributed by atoms with Crippen LogP contribution in [0.4, 0.5) is 5.69 Å². The monoisotopic (exact) mass is 305 g/mol. The van der Waals surface area contributed by atoms with E-state index in [0.29, 0.717) is 17.7 Å². The van der Waals surface area contributed by atoms with E-state index in [-0.39, 0.29) is 5.91 Å².